The molecule has 2 rings (SSSR count). The highest BCUT2D eigenvalue weighted by molar-refractivity contribution is 5.58. The molecule has 18 heavy (non-hydrogen) atoms. The number of rotatable bonds is 4. The Morgan fingerprint density at radius 1 is 1.39 bits per heavy atom. The molecule has 1 aromatic carbocycles. The number of hydrogen-bond acceptors (Lipinski definition) is 3. The Bertz CT molecular complexity index is 472. The van der Waals surface area contributed by atoms with E-state index in [2.05, 4.69) is 17.9 Å². The second-order valence-corrected chi connectivity index (χ2v) is 5.25. The van der Waals surface area contributed by atoms with E-state index in [-0.39, 0.29) is 0 Å². The molecule has 1 saturated carbocycles. The second-order valence-electron chi connectivity index (χ2n) is 5.25. The molecule has 0 spiro atoms. The van der Waals surface area contributed by atoms with E-state index in [1.165, 1.54) is 12.8 Å². The molecule has 3 nitrogen and oxygen atoms in total. The lowest BCUT2D eigenvalue weighted by Gasteiger charge is -2.30. The van der Waals surface area contributed by atoms with Crippen molar-refractivity contribution in [3.8, 4) is 6.07 Å². The highest BCUT2D eigenvalue weighted by Gasteiger charge is 2.31. The Morgan fingerprint density at radius 3 is 2.56 bits per heavy atom. The molecule has 0 aliphatic heterocycles. The molecule has 0 bridgehead atoms. The van der Waals surface area contributed by atoms with Gasteiger partial charge in [-0.25, -0.2) is 0 Å². The predicted octanol–water partition coefficient (Wildman–Crippen LogP) is 2.85. The van der Waals surface area contributed by atoms with E-state index in [4.69, 9.17) is 5.26 Å². The number of nitriles is 1. The number of aliphatic hydroxyl groups is 1. The molecule has 0 aromatic heterocycles. The average molecular weight is 244 g/mol. The molecule has 0 radical (unpaired) electrons. The zero-order valence-corrected chi connectivity index (χ0v) is 11.2. The molecule has 1 aliphatic carbocycles. The predicted molar refractivity (Wildman–Crippen MR) is 72.4 cm³/mol. The molecule has 3 heteroatoms. The van der Waals surface area contributed by atoms with E-state index in [9.17, 15) is 5.11 Å². The summed E-state index contributed by atoms with van der Waals surface area (Å²) in [5.41, 5.74) is 2.51. The van der Waals surface area contributed by atoms with E-state index in [0.717, 1.165) is 17.2 Å². The molecular weight excluding hydrogens is 224 g/mol. The lowest BCUT2D eigenvalue weighted by molar-refractivity contribution is 0.199. The van der Waals surface area contributed by atoms with Crippen LogP contribution in [0.2, 0.25) is 0 Å². The van der Waals surface area contributed by atoms with E-state index < -0.39 is 6.10 Å². The molecule has 0 heterocycles. The second kappa shape index (κ2) is 4.99. The quantitative estimate of drug-likeness (QED) is 0.886. The van der Waals surface area contributed by atoms with Crippen molar-refractivity contribution < 1.29 is 5.11 Å². The van der Waals surface area contributed by atoms with Gasteiger partial charge in [0, 0.05) is 24.3 Å². The van der Waals surface area contributed by atoms with Crippen LogP contribution in [0.4, 0.5) is 5.69 Å². The van der Waals surface area contributed by atoms with Crippen molar-refractivity contribution in [1.82, 2.24) is 0 Å². The molecule has 2 atom stereocenters. The number of nitrogens with zero attached hydrogens (tertiary/aromatic N) is 2. The number of hydrogen-bond donors (Lipinski definition) is 1. The van der Waals surface area contributed by atoms with Gasteiger partial charge in [0.25, 0.3) is 0 Å². The zero-order chi connectivity index (χ0) is 13.3. The summed E-state index contributed by atoms with van der Waals surface area (Å²) in [7, 11) is 2.05. The van der Waals surface area contributed by atoms with Crippen molar-refractivity contribution in [2.75, 3.05) is 11.9 Å². The Balaban J connectivity index is 2.36. The van der Waals surface area contributed by atoms with Crippen molar-refractivity contribution in [3.05, 3.63) is 29.3 Å². The van der Waals surface area contributed by atoms with Gasteiger partial charge in [0.2, 0.25) is 0 Å². The van der Waals surface area contributed by atoms with E-state index in [1.54, 1.807) is 13.0 Å². The normalized spacial score (nSPS) is 17.9. The fourth-order valence-electron chi connectivity index (χ4n) is 2.39. The number of anilines is 1. The molecule has 0 amide bonds. The van der Waals surface area contributed by atoms with E-state index in [1.807, 2.05) is 19.2 Å². The lowest BCUT2D eigenvalue weighted by Crippen LogP contribution is -2.31. The average Bonchev–Trinajstić information content (AvgIpc) is 3.20. The molecule has 1 N–H and O–H groups in total. The van der Waals surface area contributed by atoms with Crippen molar-refractivity contribution in [3.63, 3.8) is 0 Å². The fraction of sp³-hybridized carbons (Fsp3) is 0.533. The molecular formula is C15H20N2O. The summed E-state index contributed by atoms with van der Waals surface area (Å²) in [5, 5.41) is 18.8. The van der Waals surface area contributed by atoms with Crippen LogP contribution in [0.25, 0.3) is 0 Å². The first-order valence-electron chi connectivity index (χ1n) is 6.49. The SMILES string of the molecule is CC(C1CC1)N(C)c1cc(C#N)ccc1[C@H](C)O. The van der Waals surface area contributed by atoms with E-state index >= 15 is 0 Å². The van der Waals surface area contributed by atoms with Gasteiger partial charge in [-0.05, 0) is 44.7 Å². The summed E-state index contributed by atoms with van der Waals surface area (Å²) >= 11 is 0. The molecule has 96 valence electrons. The van der Waals surface area contributed by atoms with Crippen LogP contribution >= 0.6 is 0 Å². The molecule has 1 unspecified atom stereocenters. The van der Waals surface area contributed by atoms with Gasteiger partial charge in [0.1, 0.15) is 0 Å². The Kier molecular flexibility index (Phi) is 3.58. The minimum Gasteiger partial charge on any atom is -0.389 e. The molecule has 1 fully saturated rings. The first-order chi connectivity index (χ1) is 8.54. The van der Waals surface area contributed by atoms with Crippen molar-refractivity contribution >= 4 is 5.69 Å². The molecule has 1 aliphatic rings. The third-order valence-corrected chi connectivity index (χ3v) is 3.90. The van der Waals surface area contributed by atoms with Crippen LogP contribution in [-0.2, 0) is 0 Å². The summed E-state index contributed by atoms with van der Waals surface area (Å²) in [6.07, 6.45) is 2.06. The van der Waals surface area contributed by atoms with Gasteiger partial charge >= 0.3 is 0 Å². The topological polar surface area (TPSA) is 47.3 Å². The number of aliphatic hydroxyl groups excluding tert-OH is 1. The third-order valence-electron chi connectivity index (χ3n) is 3.90. The van der Waals surface area contributed by atoms with Crippen molar-refractivity contribution in [2.45, 2.75) is 38.8 Å². The summed E-state index contributed by atoms with van der Waals surface area (Å²) < 4.78 is 0. The summed E-state index contributed by atoms with van der Waals surface area (Å²) in [6.45, 7) is 3.98. The van der Waals surface area contributed by atoms with Crippen LogP contribution in [0.5, 0.6) is 0 Å². The largest absolute Gasteiger partial charge is 0.389 e. The van der Waals surface area contributed by atoms with Crippen LogP contribution in [0.15, 0.2) is 18.2 Å². The highest BCUT2D eigenvalue weighted by Crippen LogP contribution is 2.38. The first kappa shape index (κ1) is 12.9. The van der Waals surface area contributed by atoms with Gasteiger partial charge < -0.3 is 10.0 Å². The fourth-order valence-corrected chi connectivity index (χ4v) is 2.39. The standard InChI is InChI=1S/C15H20N2O/c1-10(13-5-6-13)17(3)15-8-12(9-16)4-7-14(15)11(2)18/h4,7-8,10-11,13,18H,5-6H2,1-3H3/t10?,11-/m0/s1. The lowest BCUT2D eigenvalue weighted by atomic mass is 10.0. The highest BCUT2D eigenvalue weighted by atomic mass is 16.3. The maximum atomic E-state index is 9.84. The minimum atomic E-state index is -0.512. The van der Waals surface area contributed by atoms with Gasteiger partial charge in [-0.2, -0.15) is 5.26 Å². The Hall–Kier alpha value is -1.53. The minimum absolute atomic E-state index is 0.455. The van der Waals surface area contributed by atoms with Crippen molar-refractivity contribution in [2.24, 2.45) is 5.92 Å². The summed E-state index contributed by atoms with van der Waals surface area (Å²) in [5.74, 6) is 0.752. The maximum absolute atomic E-state index is 9.84. The van der Waals surface area contributed by atoms with Crippen LogP contribution < -0.4 is 4.90 Å². The van der Waals surface area contributed by atoms with Crippen LogP contribution in [0.1, 0.15) is 43.9 Å². The summed E-state index contributed by atoms with van der Waals surface area (Å²) in [6, 6.07) is 8.12. The first-order valence-corrected chi connectivity index (χ1v) is 6.49. The maximum Gasteiger partial charge on any atom is 0.0992 e. The van der Waals surface area contributed by atoms with Gasteiger partial charge in [0.15, 0.2) is 0 Å². The number of benzene rings is 1. The van der Waals surface area contributed by atoms with Crippen LogP contribution in [0.3, 0.4) is 0 Å². The van der Waals surface area contributed by atoms with E-state index in [0.29, 0.717) is 11.6 Å². The van der Waals surface area contributed by atoms with Crippen molar-refractivity contribution in [1.29, 1.82) is 5.26 Å². The molecule has 1 aromatic rings. The van der Waals surface area contributed by atoms with Gasteiger partial charge in [-0.15, -0.1) is 0 Å². The van der Waals surface area contributed by atoms with Gasteiger partial charge in [0.05, 0.1) is 17.7 Å². The Morgan fingerprint density at radius 2 is 2.06 bits per heavy atom. The third kappa shape index (κ3) is 2.49. The Labute approximate surface area is 109 Å². The van der Waals surface area contributed by atoms with Gasteiger partial charge in [-0.1, -0.05) is 6.07 Å². The molecule has 0 saturated heterocycles. The van der Waals surface area contributed by atoms with Gasteiger partial charge in [-0.3, -0.25) is 0 Å². The monoisotopic (exact) mass is 244 g/mol. The summed E-state index contributed by atoms with van der Waals surface area (Å²) in [4.78, 5) is 2.19. The smallest absolute Gasteiger partial charge is 0.0992 e. The van der Waals surface area contributed by atoms with Crippen LogP contribution in [0, 0.1) is 17.2 Å². The zero-order valence-electron chi connectivity index (χ0n) is 11.2. The van der Waals surface area contributed by atoms with Crippen LogP contribution in [-0.4, -0.2) is 18.2 Å².